The topological polar surface area (TPSA) is 97.6 Å². The van der Waals surface area contributed by atoms with Gasteiger partial charge in [-0.05, 0) is 31.7 Å². The smallest absolute Gasteiger partial charge is 0.260 e. The van der Waals surface area contributed by atoms with Crippen LogP contribution in [0.2, 0.25) is 0 Å². The van der Waals surface area contributed by atoms with E-state index in [2.05, 4.69) is 15.5 Å². The van der Waals surface area contributed by atoms with Gasteiger partial charge in [0.1, 0.15) is 5.75 Å². The van der Waals surface area contributed by atoms with Crippen molar-refractivity contribution in [1.29, 1.82) is 0 Å². The number of likely N-dealkylation sites (tertiary alicyclic amines) is 1. The molecule has 3 rings (SSSR count). The molecule has 1 unspecified atom stereocenters. The van der Waals surface area contributed by atoms with Crippen molar-refractivity contribution in [1.82, 2.24) is 20.4 Å². The number of hydrogen-bond acceptors (Lipinski definition) is 6. The first-order valence-corrected chi connectivity index (χ1v) is 11.2. The Morgan fingerprint density at radius 1 is 1.23 bits per heavy atom. The van der Waals surface area contributed by atoms with Crippen LogP contribution in [0.1, 0.15) is 69.3 Å². The van der Waals surface area contributed by atoms with Crippen LogP contribution >= 0.6 is 0 Å². The summed E-state index contributed by atoms with van der Waals surface area (Å²) in [6.07, 6.45) is 5.14. The fourth-order valence-corrected chi connectivity index (χ4v) is 3.70. The Hall–Kier alpha value is -2.90. The lowest BCUT2D eigenvalue weighted by Gasteiger charge is -2.21. The summed E-state index contributed by atoms with van der Waals surface area (Å²) < 4.78 is 11.0. The predicted octanol–water partition coefficient (Wildman–Crippen LogP) is 3.22. The molecular formula is C23H32N4O4. The van der Waals surface area contributed by atoms with Crippen LogP contribution in [0.4, 0.5) is 0 Å². The summed E-state index contributed by atoms with van der Waals surface area (Å²) >= 11 is 0. The van der Waals surface area contributed by atoms with E-state index in [4.69, 9.17) is 9.26 Å². The highest BCUT2D eigenvalue weighted by molar-refractivity contribution is 5.78. The van der Waals surface area contributed by atoms with Crippen molar-refractivity contribution in [2.75, 3.05) is 19.7 Å². The van der Waals surface area contributed by atoms with Gasteiger partial charge in [-0.25, -0.2) is 0 Å². The van der Waals surface area contributed by atoms with E-state index in [1.165, 1.54) is 0 Å². The SMILES string of the molecule is CCc1noc(CCCC(=O)NC(CC)c2ccccc2OCC(=O)N2CCCC2)n1. The van der Waals surface area contributed by atoms with Crippen molar-refractivity contribution in [3.05, 3.63) is 41.5 Å². The first kappa shape index (κ1) is 22.8. The lowest BCUT2D eigenvalue weighted by molar-refractivity contribution is -0.132. The van der Waals surface area contributed by atoms with Crippen LogP contribution in [0.25, 0.3) is 0 Å². The van der Waals surface area contributed by atoms with Gasteiger partial charge >= 0.3 is 0 Å². The zero-order chi connectivity index (χ0) is 22.1. The van der Waals surface area contributed by atoms with Gasteiger partial charge in [-0.3, -0.25) is 9.59 Å². The zero-order valence-corrected chi connectivity index (χ0v) is 18.4. The molecule has 1 aromatic carbocycles. The second-order valence-electron chi connectivity index (χ2n) is 7.75. The van der Waals surface area contributed by atoms with E-state index >= 15 is 0 Å². The van der Waals surface area contributed by atoms with Crippen LogP contribution in [0.5, 0.6) is 5.75 Å². The average Bonchev–Trinajstić information content (AvgIpc) is 3.48. The van der Waals surface area contributed by atoms with Gasteiger partial charge in [0.05, 0.1) is 6.04 Å². The molecule has 0 bridgehead atoms. The van der Waals surface area contributed by atoms with E-state index in [1.807, 2.05) is 43.0 Å². The first-order chi connectivity index (χ1) is 15.1. The number of nitrogens with zero attached hydrogens (tertiary/aromatic N) is 3. The van der Waals surface area contributed by atoms with E-state index in [1.54, 1.807) is 0 Å². The Morgan fingerprint density at radius 3 is 2.71 bits per heavy atom. The molecule has 2 aromatic rings. The van der Waals surface area contributed by atoms with Crippen LogP contribution in [0.3, 0.4) is 0 Å². The van der Waals surface area contributed by atoms with Crippen molar-refractivity contribution in [2.24, 2.45) is 0 Å². The van der Waals surface area contributed by atoms with Crippen molar-refractivity contribution < 1.29 is 18.8 Å². The van der Waals surface area contributed by atoms with E-state index in [-0.39, 0.29) is 24.5 Å². The molecular weight excluding hydrogens is 396 g/mol. The number of aromatic nitrogens is 2. The fourth-order valence-electron chi connectivity index (χ4n) is 3.70. The minimum atomic E-state index is -0.180. The number of rotatable bonds is 11. The molecule has 1 atom stereocenters. The average molecular weight is 429 g/mol. The molecule has 1 aliphatic heterocycles. The molecule has 1 saturated heterocycles. The third-order valence-electron chi connectivity index (χ3n) is 5.47. The number of amides is 2. The summed E-state index contributed by atoms with van der Waals surface area (Å²) in [4.78, 5) is 30.9. The lowest BCUT2D eigenvalue weighted by atomic mass is 10.0. The molecule has 2 amide bonds. The number of hydrogen-bond donors (Lipinski definition) is 1. The highest BCUT2D eigenvalue weighted by atomic mass is 16.5. The van der Waals surface area contributed by atoms with Crippen LogP contribution in [-0.4, -0.2) is 46.6 Å². The number of nitrogens with one attached hydrogen (secondary N) is 1. The summed E-state index contributed by atoms with van der Waals surface area (Å²) in [7, 11) is 0. The Kier molecular flexibility index (Phi) is 8.44. The fraction of sp³-hybridized carbons (Fsp3) is 0.565. The maximum absolute atomic E-state index is 12.5. The van der Waals surface area contributed by atoms with Crippen molar-refractivity contribution in [3.63, 3.8) is 0 Å². The van der Waals surface area contributed by atoms with Gasteiger partial charge in [0.15, 0.2) is 12.4 Å². The van der Waals surface area contributed by atoms with Gasteiger partial charge < -0.3 is 19.5 Å². The molecule has 8 heteroatoms. The molecule has 1 N–H and O–H groups in total. The van der Waals surface area contributed by atoms with Gasteiger partial charge in [0, 0.05) is 37.9 Å². The van der Waals surface area contributed by atoms with Gasteiger partial charge in [0.2, 0.25) is 11.8 Å². The lowest BCUT2D eigenvalue weighted by Crippen LogP contribution is -2.32. The third-order valence-corrected chi connectivity index (χ3v) is 5.47. The van der Waals surface area contributed by atoms with Gasteiger partial charge in [0.25, 0.3) is 5.91 Å². The van der Waals surface area contributed by atoms with Gasteiger partial charge in [-0.1, -0.05) is 37.2 Å². The number of carbonyl (C=O) groups excluding carboxylic acids is 2. The molecule has 0 spiro atoms. The minimum absolute atomic E-state index is 0.0108. The van der Waals surface area contributed by atoms with Crippen LogP contribution < -0.4 is 10.1 Å². The third kappa shape index (κ3) is 6.54. The van der Waals surface area contributed by atoms with Crippen molar-refractivity contribution in [3.8, 4) is 5.75 Å². The quantitative estimate of drug-likeness (QED) is 0.590. The second-order valence-corrected chi connectivity index (χ2v) is 7.75. The maximum atomic E-state index is 12.5. The van der Waals surface area contributed by atoms with Gasteiger partial charge in [-0.2, -0.15) is 4.98 Å². The van der Waals surface area contributed by atoms with Crippen molar-refractivity contribution in [2.45, 2.75) is 64.8 Å². The zero-order valence-electron chi connectivity index (χ0n) is 18.4. The number of para-hydroxylation sites is 1. The molecule has 0 radical (unpaired) electrons. The number of benzene rings is 1. The van der Waals surface area contributed by atoms with Crippen molar-refractivity contribution >= 4 is 11.8 Å². The molecule has 1 aliphatic rings. The second kappa shape index (κ2) is 11.5. The van der Waals surface area contributed by atoms with E-state index in [0.29, 0.717) is 36.7 Å². The number of ether oxygens (including phenoxy) is 1. The Balaban J connectivity index is 1.52. The standard InChI is InChI=1S/C23H32N4O4/c1-3-18(24-21(28)12-9-13-22-25-20(4-2)26-31-22)17-10-5-6-11-19(17)30-16-23(29)27-14-7-8-15-27/h5-6,10-11,18H,3-4,7-9,12-16H2,1-2H3,(H,24,28). The van der Waals surface area contributed by atoms with E-state index in [0.717, 1.165) is 44.3 Å². The minimum Gasteiger partial charge on any atom is -0.483 e. The van der Waals surface area contributed by atoms with Crippen LogP contribution in [-0.2, 0) is 22.4 Å². The largest absolute Gasteiger partial charge is 0.483 e. The molecule has 8 nitrogen and oxygen atoms in total. The summed E-state index contributed by atoms with van der Waals surface area (Å²) in [5.41, 5.74) is 0.886. The number of carbonyl (C=O) groups is 2. The van der Waals surface area contributed by atoms with E-state index in [9.17, 15) is 9.59 Å². The molecule has 0 aliphatic carbocycles. The maximum Gasteiger partial charge on any atom is 0.260 e. The summed E-state index contributed by atoms with van der Waals surface area (Å²) in [5.74, 6) is 1.87. The number of aryl methyl sites for hydroxylation is 2. The Morgan fingerprint density at radius 2 is 2.00 bits per heavy atom. The molecule has 0 saturated carbocycles. The first-order valence-electron chi connectivity index (χ1n) is 11.2. The Labute approximate surface area is 183 Å². The highest BCUT2D eigenvalue weighted by Crippen LogP contribution is 2.27. The summed E-state index contributed by atoms with van der Waals surface area (Å²) in [5, 5.41) is 6.96. The molecule has 31 heavy (non-hydrogen) atoms. The molecule has 168 valence electrons. The van der Waals surface area contributed by atoms with E-state index < -0.39 is 0 Å². The van der Waals surface area contributed by atoms with Crippen LogP contribution in [0.15, 0.2) is 28.8 Å². The highest BCUT2D eigenvalue weighted by Gasteiger charge is 2.21. The molecule has 1 aromatic heterocycles. The summed E-state index contributed by atoms with van der Waals surface area (Å²) in [6.45, 7) is 5.62. The predicted molar refractivity (Wildman–Crippen MR) is 116 cm³/mol. The van der Waals surface area contributed by atoms with Crippen LogP contribution in [0, 0.1) is 0 Å². The monoisotopic (exact) mass is 428 g/mol. The molecule has 1 fully saturated rings. The normalized spacial score (nSPS) is 14.5. The Bertz CT molecular complexity index is 861. The summed E-state index contributed by atoms with van der Waals surface area (Å²) in [6, 6.07) is 7.40. The van der Waals surface area contributed by atoms with Gasteiger partial charge in [-0.15, -0.1) is 0 Å². The molecule has 2 heterocycles.